The molecule has 196 valence electrons. The summed E-state index contributed by atoms with van der Waals surface area (Å²) < 4.78 is 0. The van der Waals surface area contributed by atoms with Crippen LogP contribution in [0.3, 0.4) is 0 Å². The Morgan fingerprint density at radius 3 is 2.62 bits per heavy atom. The average molecular weight is 505 g/mol. The molecule has 7 atom stereocenters. The summed E-state index contributed by atoms with van der Waals surface area (Å²) in [5, 5.41) is 46.9. The Hall–Kier alpha value is -2.55. The number of aromatic amines is 1. The molecular formula is C30H36N2O5. The van der Waals surface area contributed by atoms with Crippen LogP contribution in [0.5, 0.6) is 0 Å². The Balaban J connectivity index is 1.38. The fraction of sp³-hybridized carbons (Fsp3) is 0.500. The number of allylic oxidation sites excluding steroid dienone is 3. The van der Waals surface area contributed by atoms with E-state index in [0.717, 1.165) is 33.9 Å². The summed E-state index contributed by atoms with van der Waals surface area (Å²) in [6.07, 6.45) is 5.62. The molecule has 0 aliphatic heterocycles. The van der Waals surface area contributed by atoms with Gasteiger partial charge in [0, 0.05) is 23.7 Å². The topological polar surface area (TPSA) is 117 Å². The normalized spacial score (nSPS) is 37.6. The molecule has 1 fully saturated rings. The lowest BCUT2D eigenvalue weighted by Crippen LogP contribution is -2.58. The molecule has 6 rings (SSSR count). The Bertz CT molecular complexity index is 1420. The number of H-pyrrole nitrogens is 1. The van der Waals surface area contributed by atoms with Crippen molar-refractivity contribution in [2.45, 2.75) is 69.0 Å². The van der Waals surface area contributed by atoms with Gasteiger partial charge in [0.2, 0.25) is 5.56 Å². The van der Waals surface area contributed by atoms with Crippen LogP contribution in [0.15, 0.2) is 64.1 Å². The minimum Gasteiger partial charge on any atom is -0.388 e. The Morgan fingerprint density at radius 2 is 1.86 bits per heavy atom. The summed E-state index contributed by atoms with van der Waals surface area (Å²) in [5.74, 6) is 0.170. The van der Waals surface area contributed by atoms with Crippen LogP contribution < -0.4 is 5.56 Å². The van der Waals surface area contributed by atoms with Crippen LogP contribution in [0.1, 0.15) is 44.6 Å². The third-order valence-electron chi connectivity index (χ3n) is 9.67. The van der Waals surface area contributed by atoms with Gasteiger partial charge in [0.15, 0.2) is 0 Å². The zero-order valence-electron chi connectivity index (χ0n) is 21.6. The van der Waals surface area contributed by atoms with E-state index in [9.17, 15) is 25.2 Å². The van der Waals surface area contributed by atoms with Crippen molar-refractivity contribution in [3.05, 3.63) is 75.3 Å². The van der Waals surface area contributed by atoms with Crippen LogP contribution in [0, 0.1) is 11.3 Å². The van der Waals surface area contributed by atoms with E-state index in [1.54, 1.807) is 18.3 Å². The van der Waals surface area contributed by atoms with Crippen molar-refractivity contribution in [1.82, 2.24) is 9.88 Å². The molecule has 1 heterocycles. The largest absolute Gasteiger partial charge is 0.388 e. The van der Waals surface area contributed by atoms with Crippen LogP contribution in [-0.4, -0.2) is 74.4 Å². The fourth-order valence-electron chi connectivity index (χ4n) is 7.63. The zero-order valence-corrected chi connectivity index (χ0v) is 21.6. The van der Waals surface area contributed by atoms with Crippen LogP contribution in [0.4, 0.5) is 0 Å². The predicted octanol–water partition coefficient (Wildman–Crippen LogP) is 2.51. The van der Waals surface area contributed by atoms with Gasteiger partial charge in [0.05, 0.1) is 17.8 Å². The fourth-order valence-corrected chi connectivity index (χ4v) is 7.63. The molecule has 0 spiro atoms. The number of fused-ring (bicyclic) bond motifs is 4. The summed E-state index contributed by atoms with van der Waals surface area (Å²) >= 11 is 0. The second-order valence-corrected chi connectivity index (χ2v) is 12.0. The quantitative estimate of drug-likeness (QED) is 0.429. The summed E-state index contributed by atoms with van der Waals surface area (Å²) in [5.41, 5.74) is 2.94. The zero-order chi connectivity index (χ0) is 26.3. The highest BCUT2D eigenvalue weighted by Gasteiger charge is 2.53. The molecule has 5 N–H and O–H groups in total. The van der Waals surface area contributed by atoms with E-state index in [1.165, 1.54) is 5.57 Å². The minimum absolute atomic E-state index is 0.133. The van der Waals surface area contributed by atoms with Crippen LogP contribution >= 0.6 is 0 Å². The lowest BCUT2D eigenvalue weighted by atomic mass is 9.61. The SMILES string of the molecule is CN(C)C1CC2(O)CCC3=C(C=C2C(O)C1O)C(O)CC1(C)C(c2ccc4c[nH]c(=O)cc4c2)=CCC31. The number of nitrogens with one attached hydrogen (secondary N) is 1. The van der Waals surface area contributed by atoms with Crippen LogP contribution in [0.2, 0.25) is 0 Å². The third-order valence-corrected chi connectivity index (χ3v) is 9.67. The molecular weight excluding hydrogens is 468 g/mol. The first-order valence-electron chi connectivity index (χ1n) is 13.2. The van der Waals surface area contributed by atoms with Gasteiger partial charge in [-0.3, -0.25) is 4.79 Å². The van der Waals surface area contributed by atoms with Crippen molar-refractivity contribution in [3.63, 3.8) is 0 Å². The van der Waals surface area contributed by atoms with E-state index < -0.39 is 23.9 Å². The number of aliphatic hydroxyl groups is 4. The van der Waals surface area contributed by atoms with Gasteiger partial charge in [0.25, 0.3) is 0 Å². The average Bonchev–Trinajstić information content (AvgIpc) is 3.09. The minimum atomic E-state index is -1.23. The first-order valence-corrected chi connectivity index (χ1v) is 13.2. The molecule has 7 nitrogen and oxygen atoms in total. The molecule has 0 amide bonds. The lowest BCUT2D eigenvalue weighted by Gasteiger charge is -2.46. The van der Waals surface area contributed by atoms with E-state index in [1.807, 2.05) is 25.1 Å². The van der Waals surface area contributed by atoms with E-state index in [-0.39, 0.29) is 22.9 Å². The van der Waals surface area contributed by atoms with Gasteiger partial charge in [-0.05, 0) is 91.2 Å². The first kappa shape index (κ1) is 24.8. The van der Waals surface area contributed by atoms with Gasteiger partial charge in [-0.15, -0.1) is 0 Å². The molecule has 1 aromatic carbocycles. The summed E-state index contributed by atoms with van der Waals surface area (Å²) in [6.45, 7) is 2.21. The van der Waals surface area contributed by atoms with Crippen LogP contribution in [-0.2, 0) is 0 Å². The number of aliphatic hydroxyl groups excluding tert-OH is 3. The monoisotopic (exact) mass is 504 g/mol. The highest BCUT2D eigenvalue weighted by molar-refractivity contribution is 5.87. The number of likely N-dealkylation sites (N-methyl/N-ethyl adjacent to an activating group) is 1. The molecule has 7 unspecified atom stereocenters. The van der Waals surface area contributed by atoms with E-state index in [0.29, 0.717) is 31.3 Å². The number of aromatic nitrogens is 1. The standard InChI is InChI=1S/C30H36N2O5/c1-29-14-25(33)20-12-23-27(35)28(36)24(32(2)3)13-30(23,37)9-8-19(20)22(29)7-6-21(29)16-4-5-17-15-31-26(34)11-18(17)10-16/h4-6,10-12,15,22,24-25,27-28,33,35-37H,7-9,13-14H2,1-3H3,(H,31,34). The number of pyridine rings is 1. The molecule has 4 aliphatic carbocycles. The van der Waals surface area contributed by atoms with Crippen molar-refractivity contribution >= 4 is 16.3 Å². The van der Waals surface area contributed by atoms with Gasteiger partial charge >= 0.3 is 0 Å². The Morgan fingerprint density at radius 1 is 1.08 bits per heavy atom. The lowest BCUT2D eigenvalue weighted by molar-refractivity contribution is -0.0922. The van der Waals surface area contributed by atoms with Crippen molar-refractivity contribution in [2.75, 3.05) is 14.1 Å². The molecule has 0 radical (unpaired) electrons. The Kier molecular flexibility index (Phi) is 5.68. The number of nitrogens with zero attached hydrogens (tertiary/aromatic N) is 1. The first-order chi connectivity index (χ1) is 17.5. The van der Waals surface area contributed by atoms with Gasteiger partial charge in [-0.1, -0.05) is 36.8 Å². The maximum Gasteiger partial charge on any atom is 0.248 e. The molecule has 0 saturated heterocycles. The number of hydrogen-bond donors (Lipinski definition) is 5. The summed E-state index contributed by atoms with van der Waals surface area (Å²) in [4.78, 5) is 16.5. The van der Waals surface area contributed by atoms with Crippen molar-refractivity contribution in [3.8, 4) is 0 Å². The predicted molar refractivity (Wildman–Crippen MR) is 143 cm³/mol. The molecule has 37 heavy (non-hydrogen) atoms. The maximum absolute atomic E-state index is 11.9. The van der Waals surface area contributed by atoms with Gasteiger partial charge in [-0.2, -0.15) is 0 Å². The molecule has 1 saturated carbocycles. The van der Waals surface area contributed by atoms with Gasteiger partial charge in [0.1, 0.15) is 6.10 Å². The van der Waals surface area contributed by atoms with Crippen molar-refractivity contribution in [2.24, 2.45) is 11.3 Å². The number of hydrogen-bond acceptors (Lipinski definition) is 6. The van der Waals surface area contributed by atoms with Crippen LogP contribution in [0.25, 0.3) is 16.3 Å². The highest BCUT2D eigenvalue weighted by Crippen LogP contribution is 2.60. The molecule has 2 aromatic rings. The molecule has 7 heteroatoms. The van der Waals surface area contributed by atoms with E-state index >= 15 is 0 Å². The maximum atomic E-state index is 11.9. The third kappa shape index (κ3) is 3.71. The summed E-state index contributed by atoms with van der Waals surface area (Å²) in [6, 6.07) is 7.42. The summed E-state index contributed by atoms with van der Waals surface area (Å²) in [7, 11) is 3.70. The van der Waals surface area contributed by atoms with E-state index in [2.05, 4.69) is 30.1 Å². The molecule has 4 aliphatic rings. The van der Waals surface area contributed by atoms with Gasteiger partial charge in [-0.25, -0.2) is 0 Å². The van der Waals surface area contributed by atoms with E-state index in [4.69, 9.17) is 0 Å². The second-order valence-electron chi connectivity index (χ2n) is 12.0. The number of benzene rings is 1. The van der Waals surface area contributed by atoms with Crippen molar-refractivity contribution < 1.29 is 20.4 Å². The second kappa shape index (κ2) is 8.48. The Labute approximate surface area is 216 Å². The smallest absolute Gasteiger partial charge is 0.248 e. The van der Waals surface area contributed by atoms with Crippen molar-refractivity contribution in [1.29, 1.82) is 0 Å². The van der Waals surface area contributed by atoms with Gasteiger partial charge < -0.3 is 30.3 Å². The highest BCUT2D eigenvalue weighted by atomic mass is 16.3. The molecule has 1 aromatic heterocycles. The molecule has 0 bridgehead atoms. The number of rotatable bonds is 2.